The Morgan fingerprint density at radius 1 is 1.47 bits per heavy atom. The smallest absolute Gasteiger partial charge is 0.250 e. The fraction of sp³-hybridized carbons (Fsp3) is 0.286. The topological polar surface area (TPSA) is 33.0 Å². The van der Waals surface area contributed by atoms with E-state index in [0.29, 0.717) is 5.57 Å². The van der Waals surface area contributed by atoms with Crippen LogP contribution in [0.25, 0.3) is 10.2 Å². The number of rotatable bonds is 3. The summed E-state index contributed by atoms with van der Waals surface area (Å²) < 4.78 is 3.39. The molecule has 0 saturated heterocycles. The first-order chi connectivity index (χ1) is 8.52. The molecule has 0 bridgehead atoms. The summed E-state index contributed by atoms with van der Waals surface area (Å²) in [6.07, 6.45) is 1.02. The standard InChI is InChI=1S/C14H16N2OS.HI/c1-5-13-16(4)11-7-6-10(8-12(11)18-13)15-14(17)9(2)3;/h6-8H,2,5H2,1,3-4H3;1H. The van der Waals surface area contributed by atoms with Crippen molar-refractivity contribution in [1.29, 1.82) is 0 Å². The van der Waals surface area contributed by atoms with Gasteiger partial charge < -0.3 is 29.3 Å². The van der Waals surface area contributed by atoms with Crippen LogP contribution < -0.4 is 33.9 Å². The van der Waals surface area contributed by atoms with E-state index in [-0.39, 0.29) is 29.9 Å². The largest absolute Gasteiger partial charge is 1.00 e. The van der Waals surface area contributed by atoms with Crippen molar-refractivity contribution in [3.05, 3.63) is 35.4 Å². The summed E-state index contributed by atoms with van der Waals surface area (Å²) in [6.45, 7) is 7.48. The Morgan fingerprint density at radius 2 is 2.16 bits per heavy atom. The van der Waals surface area contributed by atoms with E-state index in [2.05, 4.69) is 30.4 Å². The molecule has 1 aromatic carbocycles. The molecule has 5 heteroatoms. The van der Waals surface area contributed by atoms with Crippen LogP contribution in [0, 0.1) is 0 Å². The Morgan fingerprint density at radius 3 is 2.74 bits per heavy atom. The van der Waals surface area contributed by atoms with Gasteiger partial charge in [-0.3, -0.25) is 4.79 Å². The van der Waals surface area contributed by atoms with Gasteiger partial charge in [0.25, 0.3) is 5.91 Å². The van der Waals surface area contributed by atoms with E-state index in [0.717, 1.165) is 12.1 Å². The predicted molar refractivity (Wildman–Crippen MR) is 75.8 cm³/mol. The SMILES string of the molecule is C=C(C)C(=O)Nc1ccc2c(c1)sc(CC)[n+]2C.[I-]. The Balaban J connectivity index is 0.00000180. The molecule has 0 aliphatic carbocycles. The average Bonchev–Trinajstić information content (AvgIpc) is 2.65. The fourth-order valence-corrected chi connectivity index (χ4v) is 2.96. The molecule has 3 nitrogen and oxygen atoms in total. The molecule has 1 aromatic heterocycles. The van der Waals surface area contributed by atoms with Gasteiger partial charge in [-0.05, 0) is 19.1 Å². The van der Waals surface area contributed by atoms with Gasteiger partial charge in [-0.1, -0.05) is 24.8 Å². The van der Waals surface area contributed by atoms with Crippen LogP contribution >= 0.6 is 11.3 Å². The van der Waals surface area contributed by atoms with Crippen molar-refractivity contribution >= 4 is 33.1 Å². The first kappa shape index (κ1) is 16.1. The normalized spacial score (nSPS) is 10.1. The minimum atomic E-state index is -0.133. The van der Waals surface area contributed by atoms with Crippen LogP contribution in [0.4, 0.5) is 5.69 Å². The molecule has 2 rings (SSSR count). The van der Waals surface area contributed by atoms with Crippen molar-refractivity contribution in [3.63, 3.8) is 0 Å². The van der Waals surface area contributed by atoms with Gasteiger partial charge in [0.2, 0.25) is 10.5 Å². The second kappa shape index (κ2) is 6.47. The minimum absolute atomic E-state index is 0. The summed E-state index contributed by atoms with van der Waals surface area (Å²) in [7, 11) is 2.07. The molecule has 0 fully saturated rings. The number of anilines is 1. The molecule has 0 aliphatic rings. The van der Waals surface area contributed by atoms with Gasteiger partial charge in [0, 0.05) is 23.7 Å². The van der Waals surface area contributed by atoms with Crippen LogP contribution in [-0.2, 0) is 18.3 Å². The highest BCUT2D eigenvalue weighted by Gasteiger charge is 2.15. The monoisotopic (exact) mass is 388 g/mol. The van der Waals surface area contributed by atoms with Crippen LogP contribution in [0.1, 0.15) is 18.9 Å². The number of fused-ring (bicyclic) bond motifs is 1. The third-order valence-electron chi connectivity index (χ3n) is 2.87. The zero-order valence-corrected chi connectivity index (χ0v) is 14.3. The highest BCUT2D eigenvalue weighted by molar-refractivity contribution is 7.18. The van der Waals surface area contributed by atoms with E-state index in [1.807, 2.05) is 18.2 Å². The van der Waals surface area contributed by atoms with E-state index in [1.165, 1.54) is 15.2 Å². The maximum Gasteiger partial charge on any atom is 0.250 e. The van der Waals surface area contributed by atoms with Crippen molar-refractivity contribution in [1.82, 2.24) is 0 Å². The lowest BCUT2D eigenvalue weighted by molar-refractivity contribution is -0.647. The highest BCUT2D eigenvalue weighted by Crippen LogP contribution is 2.24. The first-order valence-corrected chi connectivity index (χ1v) is 6.73. The van der Waals surface area contributed by atoms with Gasteiger partial charge in [0.1, 0.15) is 11.7 Å². The number of nitrogens with one attached hydrogen (secondary N) is 1. The van der Waals surface area contributed by atoms with Crippen LogP contribution in [0.5, 0.6) is 0 Å². The maximum absolute atomic E-state index is 11.6. The summed E-state index contributed by atoms with van der Waals surface area (Å²) in [5.74, 6) is -0.133. The second-order valence-corrected chi connectivity index (χ2v) is 5.44. The Hall–Kier alpha value is -0.950. The Bertz CT molecular complexity index is 634. The Kier molecular flexibility index (Phi) is 5.49. The molecule has 1 heterocycles. The molecule has 19 heavy (non-hydrogen) atoms. The van der Waals surface area contributed by atoms with E-state index in [4.69, 9.17) is 0 Å². The van der Waals surface area contributed by atoms with Crippen LogP contribution in [0.2, 0.25) is 0 Å². The number of carbonyl (C=O) groups excluding carboxylic acids is 1. The number of hydrogen-bond acceptors (Lipinski definition) is 2. The molecule has 102 valence electrons. The fourth-order valence-electron chi connectivity index (χ4n) is 1.83. The molecule has 0 aliphatic heterocycles. The van der Waals surface area contributed by atoms with Gasteiger partial charge in [-0.25, -0.2) is 0 Å². The van der Waals surface area contributed by atoms with E-state index < -0.39 is 0 Å². The number of nitrogens with zero attached hydrogens (tertiary/aromatic N) is 1. The molecular formula is C14H17IN2OS. The molecule has 1 amide bonds. The van der Waals surface area contributed by atoms with E-state index >= 15 is 0 Å². The third-order valence-corrected chi connectivity index (χ3v) is 4.22. The lowest BCUT2D eigenvalue weighted by atomic mass is 10.2. The number of thiazole rings is 1. The van der Waals surface area contributed by atoms with Crippen LogP contribution in [0.3, 0.4) is 0 Å². The number of aromatic nitrogens is 1. The number of carbonyl (C=O) groups is 1. The summed E-state index contributed by atoms with van der Waals surface area (Å²) >= 11 is 1.76. The lowest BCUT2D eigenvalue weighted by Crippen LogP contribution is -3.00. The summed E-state index contributed by atoms with van der Waals surface area (Å²) in [4.78, 5) is 11.6. The number of aryl methyl sites for hydroxylation is 2. The van der Waals surface area contributed by atoms with Crippen molar-refractivity contribution in [2.45, 2.75) is 20.3 Å². The van der Waals surface area contributed by atoms with Crippen LogP contribution in [-0.4, -0.2) is 5.91 Å². The van der Waals surface area contributed by atoms with E-state index in [1.54, 1.807) is 18.3 Å². The maximum atomic E-state index is 11.6. The van der Waals surface area contributed by atoms with E-state index in [9.17, 15) is 4.79 Å². The summed E-state index contributed by atoms with van der Waals surface area (Å²) in [6, 6.07) is 5.98. The lowest BCUT2D eigenvalue weighted by Gasteiger charge is -2.03. The van der Waals surface area contributed by atoms with Crippen LogP contribution in [0.15, 0.2) is 30.4 Å². The van der Waals surface area contributed by atoms with Crippen molar-refractivity contribution < 1.29 is 33.3 Å². The molecule has 0 unspecified atom stereocenters. The number of halogens is 1. The summed E-state index contributed by atoms with van der Waals surface area (Å²) in [5, 5.41) is 4.17. The zero-order chi connectivity index (χ0) is 13.3. The van der Waals surface area contributed by atoms with Gasteiger partial charge in [0.05, 0.1) is 0 Å². The molecule has 0 radical (unpaired) electrons. The second-order valence-electron chi connectivity index (χ2n) is 4.33. The van der Waals surface area contributed by atoms with Gasteiger partial charge in [-0.2, -0.15) is 4.57 Å². The first-order valence-electron chi connectivity index (χ1n) is 5.91. The highest BCUT2D eigenvalue weighted by atomic mass is 127. The molecule has 0 spiro atoms. The minimum Gasteiger partial charge on any atom is -1.00 e. The van der Waals surface area contributed by atoms with Gasteiger partial charge in [0.15, 0.2) is 0 Å². The summed E-state index contributed by atoms with van der Waals surface area (Å²) in [5.41, 5.74) is 2.53. The molecule has 0 atom stereocenters. The molecule has 2 aromatic rings. The number of benzene rings is 1. The third kappa shape index (κ3) is 3.33. The molecule has 0 saturated carbocycles. The Labute approximate surface area is 134 Å². The molecular weight excluding hydrogens is 371 g/mol. The van der Waals surface area contributed by atoms with Crippen molar-refractivity contribution in [3.8, 4) is 0 Å². The number of hydrogen-bond donors (Lipinski definition) is 1. The average molecular weight is 388 g/mol. The quantitative estimate of drug-likeness (QED) is 0.441. The van der Waals surface area contributed by atoms with Gasteiger partial charge in [-0.15, -0.1) is 0 Å². The molecule has 1 N–H and O–H groups in total. The van der Waals surface area contributed by atoms with Crippen molar-refractivity contribution in [2.75, 3.05) is 5.32 Å². The number of amides is 1. The zero-order valence-electron chi connectivity index (χ0n) is 11.3. The predicted octanol–water partition coefficient (Wildman–Crippen LogP) is -0.193. The van der Waals surface area contributed by atoms with Gasteiger partial charge >= 0.3 is 0 Å². The van der Waals surface area contributed by atoms with Crippen molar-refractivity contribution in [2.24, 2.45) is 7.05 Å².